The van der Waals surface area contributed by atoms with E-state index in [1.54, 1.807) is 13.4 Å². The number of hydrogen-bond donors (Lipinski definition) is 2. The van der Waals surface area contributed by atoms with E-state index >= 15 is 0 Å². The van der Waals surface area contributed by atoms with E-state index in [1.807, 2.05) is 24.3 Å². The van der Waals surface area contributed by atoms with Gasteiger partial charge in [0, 0.05) is 44.5 Å². The van der Waals surface area contributed by atoms with Crippen LogP contribution in [0.2, 0.25) is 0 Å². The second-order valence-corrected chi connectivity index (χ2v) is 8.44. The summed E-state index contributed by atoms with van der Waals surface area (Å²) in [5.41, 5.74) is 1.21. The average molecular weight is 427 g/mol. The lowest BCUT2D eigenvalue weighted by Crippen LogP contribution is -2.51. The van der Waals surface area contributed by atoms with Crippen LogP contribution in [0.1, 0.15) is 43.9 Å². The fraction of sp³-hybridized carbons (Fsp3) is 0.542. The van der Waals surface area contributed by atoms with Crippen LogP contribution in [-0.4, -0.2) is 56.8 Å². The molecular formula is C24H34N4O3. The van der Waals surface area contributed by atoms with Crippen LogP contribution in [0.15, 0.2) is 47.1 Å². The Morgan fingerprint density at radius 2 is 1.84 bits per heavy atom. The van der Waals surface area contributed by atoms with Gasteiger partial charge in [-0.25, -0.2) is 4.79 Å². The van der Waals surface area contributed by atoms with E-state index in [-0.39, 0.29) is 12.1 Å². The summed E-state index contributed by atoms with van der Waals surface area (Å²) in [6, 6.07) is 12.4. The number of carbonyl (C=O) groups is 1. The average Bonchev–Trinajstić information content (AvgIpc) is 3.35. The molecule has 4 rings (SSSR count). The van der Waals surface area contributed by atoms with Gasteiger partial charge in [-0.05, 0) is 49.2 Å². The first-order valence-corrected chi connectivity index (χ1v) is 11.4. The van der Waals surface area contributed by atoms with Gasteiger partial charge in [0.2, 0.25) is 0 Å². The summed E-state index contributed by atoms with van der Waals surface area (Å²) in [4.78, 5) is 17.3. The normalized spacial score (nSPS) is 19.1. The minimum Gasteiger partial charge on any atom is -0.497 e. The van der Waals surface area contributed by atoms with Crippen LogP contribution in [0.25, 0.3) is 0 Å². The Kier molecular flexibility index (Phi) is 7.35. The fourth-order valence-electron chi connectivity index (χ4n) is 4.65. The Hall–Kier alpha value is -2.67. The van der Waals surface area contributed by atoms with Crippen molar-refractivity contribution >= 4 is 11.7 Å². The lowest BCUT2D eigenvalue weighted by molar-refractivity contribution is 0.161. The fourth-order valence-corrected chi connectivity index (χ4v) is 4.65. The number of methoxy groups -OCH3 is 1. The number of nitrogens with one attached hydrogen (secondary N) is 2. The molecule has 0 spiro atoms. The number of carbonyl (C=O) groups excluding carboxylic acids is 1. The van der Waals surface area contributed by atoms with Crippen molar-refractivity contribution in [2.24, 2.45) is 0 Å². The quantitative estimate of drug-likeness (QED) is 0.705. The second kappa shape index (κ2) is 10.6. The van der Waals surface area contributed by atoms with Gasteiger partial charge in [-0.3, -0.25) is 4.90 Å². The first-order valence-electron chi connectivity index (χ1n) is 11.4. The number of ether oxygens (including phenoxy) is 1. The van der Waals surface area contributed by atoms with Crippen molar-refractivity contribution in [2.75, 3.05) is 44.7 Å². The smallest absolute Gasteiger partial charge is 0.315 e. The molecule has 0 bridgehead atoms. The Morgan fingerprint density at radius 1 is 1.10 bits per heavy atom. The molecule has 0 radical (unpaired) electrons. The Morgan fingerprint density at radius 3 is 2.48 bits per heavy atom. The number of piperazine rings is 1. The maximum atomic E-state index is 12.5. The van der Waals surface area contributed by atoms with Gasteiger partial charge < -0.3 is 24.7 Å². The van der Waals surface area contributed by atoms with E-state index in [9.17, 15) is 4.79 Å². The minimum absolute atomic E-state index is 0.0325. The molecule has 2 amide bonds. The van der Waals surface area contributed by atoms with Crippen molar-refractivity contribution in [1.29, 1.82) is 0 Å². The van der Waals surface area contributed by atoms with Crippen LogP contribution < -0.4 is 20.3 Å². The molecule has 1 aromatic carbocycles. The monoisotopic (exact) mass is 426 g/mol. The van der Waals surface area contributed by atoms with Crippen LogP contribution in [0.5, 0.6) is 5.75 Å². The molecule has 7 heteroatoms. The maximum Gasteiger partial charge on any atom is 0.315 e. The molecule has 1 aliphatic heterocycles. The maximum absolute atomic E-state index is 12.5. The number of hydrogen-bond acceptors (Lipinski definition) is 5. The number of urea groups is 1. The zero-order valence-electron chi connectivity index (χ0n) is 18.4. The van der Waals surface area contributed by atoms with Crippen LogP contribution in [0.3, 0.4) is 0 Å². The molecule has 31 heavy (non-hydrogen) atoms. The third-order valence-corrected chi connectivity index (χ3v) is 6.46. The highest BCUT2D eigenvalue weighted by molar-refractivity contribution is 5.74. The molecule has 1 saturated heterocycles. The first kappa shape index (κ1) is 21.6. The molecule has 1 aromatic heterocycles. The summed E-state index contributed by atoms with van der Waals surface area (Å²) in [5.74, 6) is 1.77. The van der Waals surface area contributed by atoms with E-state index in [0.717, 1.165) is 50.5 Å². The number of rotatable bonds is 7. The molecule has 2 aliphatic rings. The predicted molar refractivity (Wildman–Crippen MR) is 122 cm³/mol. The van der Waals surface area contributed by atoms with Gasteiger partial charge in [0.15, 0.2) is 0 Å². The highest BCUT2D eigenvalue weighted by atomic mass is 16.5. The van der Waals surface area contributed by atoms with Crippen molar-refractivity contribution in [1.82, 2.24) is 15.5 Å². The molecule has 1 atom stereocenters. The summed E-state index contributed by atoms with van der Waals surface area (Å²) < 4.78 is 11.0. The molecule has 1 unspecified atom stereocenters. The van der Waals surface area contributed by atoms with Gasteiger partial charge in [0.25, 0.3) is 0 Å². The lowest BCUT2D eigenvalue weighted by atomic mass is 9.96. The van der Waals surface area contributed by atoms with Crippen molar-refractivity contribution in [2.45, 2.75) is 44.2 Å². The Bertz CT molecular complexity index is 795. The van der Waals surface area contributed by atoms with Crippen molar-refractivity contribution in [3.05, 3.63) is 48.4 Å². The van der Waals surface area contributed by atoms with Gasteiger partial charge in [0.1, 0.15) is 11.5 Å². The highest BCUT2D eigenvalue weighted by Crippen LogP contribution is 2.25. The largest absolute Gasteiger partial charge is 0.497 e. The van der Waals surface area contributed by atoms with Gasteiger partial charge in [-0.15, -0.1) is 0 Å². The second-order valence-electron chi connectivity index (χ2n) is 8.44. The number of benzene rings is 1. The van der Waals surface area contributed by atoms with Gasteiger partial charge in [-0.2, -0.15) is 0 Å². The number of anilines is 1. The van der Waals surface area contributed by atoms with E-state index in [1.165, 1.54) is 24.9 Å². The topological polar surface area (TPSA) is 70.0 Å². The van der Waals surface area contributed by atoms with E-state index in [0.29, 0.717) is 12.6 Å². The first-order chi connectivity index (χ1) is 15.2. The molecule has 168 valence electrons. The van der Waals surface area contributed by atoms with E-state index < -0.39 is 0 Å². The van der Waals surface area contributed by atoms with Crippen LogP contribution in [0, 0.1) is 0 Å². The van der Waals surface area contributed by atoms with Gasteiger partial charge in [0.05, 0.1) is 19.4 Å². The number of nitrogens with zero attached hydrogens (tertiary/aromatic N) is 2. The summed E-state index contributed by atoms with van der Waals surface area (Å²) in [5, 5.41) is 6.23. The highest BCUT2D eigenvalue weighted by Gasteiger charge is 2.28. The summed E-state index contributed by atoms with van der Waals surface area (Å²) in [6.45, 7) is 4.21. The molecule has 2 fully saturated rings. The molecule has 2 heterocycles. The molecule has 1 aliphatic carbocycles. The standard InChI is InChI=1S/C24H34N4O3/c1-30-21-11-9-20(10-12-21)27-13-15-28(16-14-27)22(23-8-5-17-31-23)18-25-24(29)26-19-6-3-2-4-7-19/h5,8-12,17,19,22H,2-4,6-7,13-16,18H2,1H3,(H2,25,26,29). The minimum atomic E-state index is -0.0691. The van der Waals surface area contributed by atoms with Crippen molar-refractivity contribution in [3.8, 4) is 5.75 Å². The molecule has 2 N–H and O–H groups in total. The van der Waals surface area contributed by atoms with Gasteiger partial charge in [-0.1, -0.05) is 19.3 Å². The summed E-state index contributed by atoms with van der Waals surface area (Å²) in [7, 11) is 1.69. The Labute approximate surface area is 184 Å². The molecule has 2 aromatic rings. The third-order valence-electron chi connectivity index (χ3n) is 6.46. The SMILES string of the molecule is COc1ccc(N2CCN(C(CNC(=O)NC3CCCCC3)c3ccco3)CC2)cc1. The van der Waals surface area contributed by atoms with Crippen molar-refractivity contribution in [3.63, 3.8) is 0 Å². The van der Waals surface area contributed by atoms with Gasteiger partial charge >= 0.3 is 6.03 Å². The lowest BCUT2D eigenvalue weighted by Gasteiger charge is -2.39. The van der Waals surface area contributed by atoms with Crippen molar-refractivity contribution < 1.29 is 13.9 Å². The van der Waals surface area contributed by atoms with Crippen LogP contribution in [0.4, 0.5) is 10.5 Å². The summed E-state index contributed by atoms with van der Waals surface area (Å²) in [6.07, 6.45) is 7.57. The molecule has 7 nitrogen and oxygen atoms in total. The van der Waals surface area contributed by atoms with Crippen LogP contribution >= 0.6 is 0 Å². The Balaban J connectivity index is 1.32. The zero-order chi connectivity index (χ0) is 21.5. The zero-order valence-corrected chi connectivity index (χ0v) is 18.4. The number of amides is 2. The van der Waals surface area contributed by atoms with Crippen LogP contribution in [-0.2, 0) is 0 Å². The van der Waals surface area contributed by atoms with E-state index in [2.05, 4.69) is 32.6 Å². The van der Waals surface area contributed by atoms with E-state index in [4.69, 9.17) is 9.15 Å². The number of furan rings is 1. The third kappa shape index (κ3) is 5.73. The summed E-state index contributed by atoms with van der Waals surface area (Å²) >= 11 is 0. The molecule has 1 saturated carbocycles. The predicted octanol–water partition coefficient (Wildman–Crippen LogP) is 3.78. The molecular weight excluding hydrogens is 392 g/mol.